The number of hydrogen-bond acceptors (Lipinski definition) is 4. The Hall–Kier alpha value is -2.10. The van der Waals surface area contributed by atoms with Crippen molar-refractivity contribution < 1.29 is 19.1 Å². The summed E-state index contributed by atoms with van der Waals surface area (Å²) in [6.45, 7) is 2.27. The fourth-order valence-electron chi connectivity index (χ4n) is 1.50. The first-order valence-corrected chi connectivity index (χ1v) is 6.10. The normalized spacial score (nSPS) is 12.1. The minimum absolute atomic E-state index is 0.167. The molecular weight excluding hydrogens is 244 g/mol. The quantitative estimate of drug-likeness (QED) is 0.430. The maximum atomic E-state index is 11.2. The molecule has 0 saturated carbocycles. The summed E-state index contributed by atoms with van der Waals surface area (Å²) in [5.41, 5.74) is 0.933. The largest absolute Gasteiger partial charge is 0.494 e. The fourth-order valence-corrected chi connectivity index (χ4v) is 1.50. The van der Waals surface area contributed by atoms with Crippen LogP contribution in [0, 0.1) is 5.92 Å². The van der Waals surface area contributed by atoms with Gasteiger partial charge in [-0.15, -0.1) is 0 Å². The van der Waals surface area contributed by atoms with Crippen LogP contribution in [-0.2, 0) is 14.3 Å². The van der Waals surface area contributed by atoms with E-state index in [1.807, 2.05) is 31.2 Å². The molecule has 0 saturated heterocycles. The van der Waals surface area contributed by atoms with Gasteiger partial charge in [0.2, 0.25) is 0 Å². The van der Waals surface area contributed by atoms with Gasteiger partial charge in [-0.1, -0.05) is 25.1 Å². The van der Waals surface area contributed by atoms with E-state index in [1.54, 1.807) is 6.08 Å². The second-order valence-electron chi connectivity index (χ2n) is 4.13. The van der Waals surface area contributed by atoms with Gasteiger partial charge in [-0.25, -0.2) is 0 Å². The SMILES string of the molecule is COC(=O)C(C)CCOc1ccc(C=CC=O)cc1. The summed E-state index contributed by atoms with van der Waals surface area (Å²) in [5, 5.41) is 0. The molecule has 19 heavy (non-hydrogen) atoms. The third-order valence-corrected chi connectivity index (χ3v) is 2.67. The van der Waals surface area contributed by atoms with Crippen molar-refractivity contribution in [1.29, 1.82) is 0 Å². The lowest BCUT2D eigenvalue weighted by atomic mass is 10.1. The first-order chi connectivity index (χ1) is 9.17. The maximum absolute atomic E-state index is 11.2. The monoisotopic (exact) mass is 262 g/mol. The van der Waals surface area contributed by atoms with E-state index in [4.69, 9.17) is 4.74 Å². The molecule has 1 rings (SSSR count). The third-order valence-electron chi connectivity index (χ3n) is 2.67. The van der Waals surface area contributed by atoms with Gasteiger partial charge in [-0.05, 0) is 30.2 Å². The Labute approximate surface area is 113 Å². The minimum Gasteiger partial charge on any atom is -0.494 e. The number of carbonyl (C=O) groups excluding carboxylic acids is 2. The lowest BCUT2D eigenvalue weighted by Gasteiger charge is -2.10. The van der Waals surface area contributed by atoms with Crippen LogP contribution in [0.2, 0.25) is 0 Å². The zero-order chi connectivity index (χ0) is 14.1. The molecule has 4 heteroatoms. The Morgan fingerprint density at radius 1 is 1.32 bits per heavy atom. The highest BCUT2D eigenvalue weighted by Crippen LogP contribution is 2.14. The van der Waals surface area contributed by atoms with Crippen LogP contribution in [0.15, 0.2) is 30.3 Å². The maximum Gasteiger partial charge on any atom is 0.308 e. The number of hydrogen-bond donors (Lipinski definition) is 0. The van der Waals surface area contributed by atoms with E-state index in [-0.39, 0.29) is 11.9 Å². The van der Waals surface area contributed by atoms with Crippen molar-refractivity contribution in [3.63, 3.8) is 0 Å². The molecule has 0 aliphatic heterocycles. The second-order valence-corrected chi connectivity index (χ2v) is 4.13. The molecule has 0 amide bonds. The number of carbonyl (C=O) groups is 2. The van der Waals surface area contributed by atoms with Crippen molar-refractivity contribution in [3.05, 3.63) is 35.9 Å². The summed E-state index contributed by atoms with van der Waals surface area (Å²) in [7, 11) is 1.38. The molecule has 0 heterocycles. The number of aldehydes is 1. The Balaban J connectivity index is 2.39. The fraction of sp³-hybridized carbons (Fsp3) is 0.333. The average Bonchev–Trinajstić information content (AvgIpc) is 2.45. The second kappa shape index (κ2) is 8.08. The van der Waals surface area contributed by atoms with Crippen LogP contribution in [0.25, 0.3) is 6.08 Å². The van der Waals surface area contributed by atoms with Gasteiger partial charge in [0.25, 0.3) is 0 Å². The van der Waals surface area contributed by atoms with Gasteiger partial charge in [0.1, 0.15) is 12.0 Å². The van der Waals surface area contributed by atoms with E-state index < -0.39 is 0 Å². The molecule has 0 aliphatic rings. The van der Waals surface area contributed by atoms with Crippen molar-refractivity contribution in [2.24, 2.45) is 5.92 Å². The Morgan fingerprint density at radius 2 is 2.00 bits per heavy atom. The van der Waals surface area contributed by atoms with Crippen LogP contribution in [0.4, 0.5) is 0 Å². The molecule has 4 nitrogen and oxygen atoms in total. The van der Waals surface area contributed by atoms with Crippen molar-refractivity contribution in [1.82, 2.24) is 0 Å². The number of rotatable bonds is 7. The number of benzene rings is 1. The highest BCUT2D eigenvalue weighted by atomic mass is 16.5. The van der Waals surface area contributed by atoms with Gasteiger partial charge < -0.3 is 9.47 Å². The van der Waals surface area contributed by atoms with Gasteiger partial charge in [0.05, 0.1) is 19.6 Å². The van der Waals surface area contributed by atoms with Gasteiger partial charge in [-0.3, -0.25) is 9.59 Å². The van der Waals surface area contributed by atoms with E-state index >= 15 is 0 Å². The highest BCUT2D eigenvalue weighted by Gasteiger charge is 2.12. The third kappa shape index (κ3) is 5.38. The molecule has 0 N–H and O–H groups in total. The molecule has 0 bridgehead atoms. The zero-order valence-electron chi connectivity index (χ0n) is 11.2. The molecule has 0 radical (unpaired) electrons. The summed E-state index contributed by atoms with van der Waals surface area (Å²) < 4.78 is 10.2. The van der Waals surface area contributed by atoms with Gasteiger partial charge in [0.15, 0.2) is 0 Å². The summed E-state index contributed by atoms with van der Waals surface area (Å²) in [6, 6.07) is 7.37. The lowest BCUT2D eigenvalue weighted by Crippen LogP contribution is -2.15. The first kappa shape index (κ1) is 15.0. The Kier molecular flexibility index (Phi) is 6.36. The molecule has 102 valence electrons. The smallest absolute Gasteiger partial charge is 0.308 e. The van der Waals surface area contributed by atoms with Crippen LogP contribution in [-0.4, -0.2) is 26.0 Å². The molecular formula is C15H18O4. The molecule has 1 aromatic carbocycles. The van der Waals surface area contributed by atoms with E-state index in [0.29, 0.717) is 13.0 Å². The van der Waals surface area contributed by atoms with E-state index in [2.05, 4.69) is 4.74 Å². The van der Waals surface area contributed by atoms with Crippen LogP contribution in [0.5, 0.6) is 5.75 Å². The number of esters is 1. The van der Waals surface area contributed by atoms with Crippen molar-refractivity contribution in [3.8, 4) is 5.75 Å². The summed E-state index contributed by atoms with van der Waals surface area (Å²) >= 11 is 0. The van der Waals surface area contributed by atoms with Crippen molar-refractivity contribution in [2.75, 3.05) is 13.7 Å². The average molecular weight is 262 g/mol. The van der Waals surface area contributed by atoms with Crippen LogP contribution < -0.4 is 4.74 Å². The van der Waals surface area contributed by atoms with Crippen molar-refractivity contribution in [2.45, 2.75) is 13.3 Å². The number of methoxy groups -OCH3 is 1. The molecule has 1 unspecified atom stereocenters. The first-order valence-electron chi connectivity index (χ1n) is 6.10. The highest BCUT2D eigenvalue weighted by molar-refractivity contribution is 5.73. The van der Waals surface area contributed by atoms with Crippen LogP contribution >= 0.6 is 0 Å². The van der Waals surface area contributed by atoms with Crippen LogP contribution in [0.3, 0.4) is 0 Å². The molecule has 0 fully saturated rings. The van der Waals surface area contributed by atoms with E-state index in [9.17, 15) is 9.59 Å². The Bertz CT molecular complexity index is 434. The molecule has 1 atom stereocenters. The summed E-state index contributed by atoms with van der Waals surface area (Å²) in [6.07, 6.45) is 4.50. The standard InChI is InChI=1S/C15H18O4/c1-12(15(17)18-2)9-11-19-14-7-5-13(6-8-14)4-3-10-16/h3-8,10,12H,9,11H2,1-2H3. The molecule has 0 aliphatic carbocycles. The van der Waals surface area contributed by atoms with E-state index in [1.165, 1.54) is 13.2 Å². The molecule has 0 spiro atoms. The predicted molar refractivity (Wildman–Crippen MR) is 72.8 cm³/mol. The zero-order valence-corrected chi connectivity index (χ0v) is 11.2. The predicted octanol–water partition coefficient (Wildman–Crippen LogP) is 2.48. The Morgan fingerprint density at radius 3 is 2.58 bits per heavy atom. The van der Waals surface area contributed by atoms with Gasteiger partial charge >= 0.3 is 5.97 Å². The summed E-state index contributed by atoms with van der Waals surface area (Å²) in [4.78, 5) is 21.4. The number of ether oxygens (including phenoxy) is 2. The van der Waals surface area contributed by atoms with E-state index in [0.717, 1.165) is 17.6 Å². The number of allylic oxidation sites excluding steroid dienone is 1. The lowest BCUT2D eigenvalue weighted by molar-refractivity contribution is -0.145. The van der Waals surface area contributed by atoms with Gasteiger partial charge in [0, 0.05) is 0 Å². The molecule has 1 aromatic rings. The van der Waals surface area contributed by atoms with Gasteiger partial charge in [-0.2, -0.15) is 0 Å². The molecule has 0 aromatic heterocycles. The van der Waals surface area contributed by atoms with Crippen molar-refractivity contribution >= 4 is 18.3 Å². The topological polar surface area (TPSA) is 52.6 Å². The summed E-state index contributed by atoms with van der Waals surface area (Å²) in [5.74, 6) is 0.345. The minimum atomic E-state index is -0.224. The van der Waals surface area contributed by atoms with Crippen LogP contribution in [0.1, 0.15) is 18.9 Å².